The van der Waals surface area contributed by atoms with Gasteiger partial charge in [-0.3, -0.25) is 0 Å². The van der Waals surface area contributed by atoms with Crippen LogP contribution in [0, 0.1) is 0 Å². The first-order valence-electron chi connectivity index (χ1n) is 1.11. The molecule has 0 aromatic carbocycles. The Hall–Kier alpha value is -0.167. The summed E-state index contributed by atoms with van der Waals surface area (Å²) in [5.74, 6) is -1.23. The average molecular weight is 136 g/mol. The number of carboxylic acids is 1. The van der Waals surface area contributed by atoms with E-state index in [4.69, 9.17) is 9.90 Å². The van der Waals surface area contributed by atoms with E-state index in [2.05, 4.69) is 6.58 Å². The van der Waals surface area contributed by atoms with E-state index in [1.807, 2.05) is 0 Å². The normalized spacial score (nSPS) is 5.33. The molecule has 0 aliphatic carbocycles. The first-order valence-corrected chi connectivity index (χ1v) is 1.11. The summed E-state index contributed by atoms with van der Waals surface area (Å²) in [5.41, 5.74) is 0. The Labute approximate surface area is 48.6 Å². The van der Waals surface area contributed by atoms with Gasteiger partial charge in [0.25, 0.3) is 0 Å². The molecule has 0 rings (SSSR count). The van der Waals surface area contributed by atoms with E-state index in [0.717, 1.165) is 6.08 Å². The molecule has 0 aliphatic rings. The molecule has 0 heterocycles. The molecule has 28 valence electrons. The quantitative estimate of drug-likeness (QED) is 0.340. The predicted molar refractivity (Wildman–Crippen MR) is 15.2 cm³/mol. The third-order valence-corrected chi connectivity index (χ3v) is 0.167. The molecule has 0 aliphatic heterocycles. The van der Waals surface area contributed by atoms with Crippen LogP contribution >= 0.6 is 0 Å². The Morgan fingerprint density at radius 3 is 2.00 bits per heavy atom. The molecule has 0 spiro atoms. The summed E-state index contributed by atoms with van der Waals surface area (Å²) < 4.78 is 0. The Kier molecular flexibility index (Phi) is 7.47. The summed E-state index contributed by atoms with van der Waals surface area (Å²) in [7, 11) is 0. The van der Waals surface area contributed by atoms with Crippen molar-refractivity contribution in [2.24, 2.45) is 0 Å². The molecule has 0 saturated heterocycles. The largest absolute Gasteiger partial charge is 2.00 e. The van der Waals surface area contributed by atoms with Crippen LogP contribution in [0.25, 0.3) is 0 Å². The van der Waals surface area contributed by atoms with Crippen LogP contribution in [0.15, 0.2) is 12.7 Å². The van der Waals surface area contributed by atoms with Gasteiger partial charge in [-0.05, 0) is 6.08 Å². The molecular formula is C3H3O2Zn+. The Morgan fingerprint density at radius 2 is 2.00 bits per heavy atom. The van der Waals surface area contributed by atoms with Gasteiger partial charge in [0.2, 0.25) is 0 Å². The van der Waals surface area contributed by atoms with Gasteiger partial charge >= 0.3 is 19.5 Å². The van der Waals surface area contributed by atoms with E-state index >= 15 is 0 Å². The van der Waals surface area contributed by atoms with Crippen molar-refractivity contribution in [3.05, 3.63) is 12.7 Å². The topological polar surface area (TPSA) is 40.1 Å². The summed E-state index contributed by atoms with van der Waals surface area (Å²) in [6.07, 6.45) is 0.722. The summed E-state index contributed by atoms with van der Waals surface area (Å²) in [6, 6.07) is 0. The standard InChI is InChI=1S/C3H4O2.Zn/c1-2-3(4)5;/h2H,1H2,(H,4,5);/q;+2/p-1. The minimum atomic E-state index is -1.23. The number of carboxylic acid groups (broad SMARTS) is 1. The van der Waals surface area contributed by atoms with Gasteiger partial charge in [0.15, 0.2) is 0 Å². The van der Waals surface area contributed by atoms with Crippen molar-refractivity contribution < 1.29 is 29.4 Å². The summed E-state index contributed by atoms with van der Waals surface area (Å²) in [6.45, 7) is 2.90. The molecule has 0 atom stereocenters. The molecule has 0 aromatic heterocycles. The molecule has 0 bridgehead atoms. The first kappa shape index (κ1) is 9.27. The van der Waals surface area contributed by atoms with Crippen molar-refractivity contribution in [1.82, 2.24) is 0 Å². The zero-order chi connectivity index (χ0) is 4.28. The third kappa shape index (κ3) is 9.16. The van der Waals surface area contributed by atoms with Crippen LogP contribution in [0.3, 0.4) is 0 Å². The molecule has 6 heavy (non-hydrogen) atoms. The molecule has 0 N–H and O–H groups in total. The van der Waals surface area contributed by atoms with Crippen molar-refractivity contribution in [2.75, 3.05) is 0 Å². The molecule has 0 amide bonds. The molecule has 3 heteroatoms. The van der Waals surface area contributed by atoms with Crippen LogP contribution in [-0.2, 0) is 24.3 Å². The second-order valence-electron chi connectivity index (χ2n) is 0.523. The van der Waals surface area contributed by atoms with E-state index < -0.39 is 5.97 Å². The Morgan fingerprint density at radius 1 is 1.83 bits per heavy atom. The van der Waals surface area contributed by atoms with E-state index in [9.17, 15) is 0 Å². The summed E-state index contributed by atoms with van der Waals surface area (Å²) in [5, 5.41) is 9.14. The smallest absolute Gasteiger partial charge is 0.545 e. The van der Waals surface area contributed by atoms with Crippen molar-refractivity contribution in [1.29, 1.82) is 0 Å². The van der Waals surface area contributed by atoms with Crippen molar-refractivity contribution in [3.8, 4) is 0 Å². The summed E-state index contributed by atoms with van der Waals surface area (Å²) in [4.78, 5) is 9.14. The van der Waals surface area contributed by atoms with Crippen LogP contribution < -0.4 is 5.11 Å². The van der Waals surface area contributed by atoms with Gasteiger partial charge in [-0.1, -0.05) is 6.58 Å². The van der Waals surface area contributed by atoms with Gasteiger partial charge in [0.05, 0.1) is 5.97 Å². The number of carbonyl (C=O) groups is 1. The zero-order valence-electron chi connectivity index (χ0n) is 3.31. The minimum Gasteiger partial charge on any atom is -0.545 e. The van der Waals surface area contributed by atoms with Crippen molar-refractivity contribution in [2.45, 2.75) is 0 Å². The SMILES string of the molecule is C=CC(=O)[O-].[Zn+2]. The molecule has 0 unspecified atom stereocenters. The number of carbonyl (C=O) groups excluding carboxylic acids is 1. The molecule has 0 saturated carbocycles. The summed E-state index contributed by atoms with van der Waals surface area (Å²) >= 11 is 0. The van der Waals surface area contributed by atoms with Gasteiger partial charge in [0, 0.05) is 0 Å². The second kappa shape index (κ2) is 4.83. The van der Waals surface area contributed by atoms with Gasteiger partial charge in [-0.2, -0.15) is 0 Å². The molecular weight excluding hydrogens is 133 g/mol. The van der Waals surface area contributed by atoms with E-state index in [1.165, 1.54) is 0 Å². The fourth-order valence-corrected chi connectivity index (χ4v) is 0. The monoisotopic (exact) mass is 135 g/mol. The third-order valence-electron chi connectivity index (χ3n) is 0.167. The molecule has 0 radical (unpaired) electrons. The number of hydrogen-bond acceptors (Lipinski definition) is 2. The Balaban J connectivity index is 0. The van der Waals surface area contributed by atoms with Gasteiger partial charge in [-0.25, -0.2) is 0 Å². The van der Waals surface area contributed by atoms with Gasteiger partial charge in [0.1, 0.15) is 0 Å². The second-order valence-corrected chi connectivity index (χ2v) is 0.523. The maximum Gasteiger partial charge on any atom is 2.00 e. The number of rotatable bonds is 1. The van der Waals surface area contributed by atoms with Crippen LogP contribution in [0.4, 0.5) is 0 Å². The number of hydrogen-bond donors (Lipinski definition) is 0. The Bertz CT molecular complexity index is 59.8. The fraction of sp³-hybridized carbons (Fsp3) is 0. The minimum absolute atomic E-state index is 0. The maximum atomic E-state index is 9.14. The van der Waals surface area contributed by atoms with Gasteiger partial charge < -0.3 is 9.90 Å². The van der Waals surface area contributed by atoms with Crippen LogP contribution in [0.5, 0.6) is 0 Å². The predicted octanol–water partition coefficient (Wildman–Crippen LogP) is -1.08. The van der Waals surface area contributed by atoms with Crippen molar-refractivity contribution in [3.63, 3.8) is 0 Å². The molecule has 2 nitrogen and oxygen atoms in total. The molecule has 0 aromatic rings. The van der Waals surface area contributed by atoms with Crippen LogP contribution in [-0.4, -0.2) is 5.97 Å². The maximum absolute atomic E-state index is 9.14. The van der Waals surface area contributed by atoms with E-state index in [1.54, 1.807) is 0 Å². The van der Waals surface area contributed by atoms with Crippen LogP contribution in [0.1, 0.15) is 0 Å². The zero-order valence-corrected chi connectivity index (χ0v) is 6.28. The molecule has 0 fully saturated rings. The number of aliphatic carboxylic acids is 1. The van der Waals surface area contributed by atoms with Crippen molar-refractivity contribution >= 4 is 5.97 Å². The fourth-order valence-electron chi connectivity index (χ4n) is 0. The van der Waals surface area contributed by atoms with E-state index in [0.29, 0.717) is 0 Å². The first-order chi connectivity index (χ1) is 2.27. The average Bonchev–Trinajstić information content (AvgIpc) is 1.38. The van der Waals surface area contributed by atoms with E-state index in [-0.39, 0.29) is 19.5 Å². The van der Waals surface area contributed by atoms with Gasteiger partial charge in [-0.15, -0.1) is 0 Å². The van der Waals surface area contributed by atoms with Crippen LogP contribution in [0.2, 0.25) is 0 Å².